The highest BCUT2D eigenvalue weighted by Gasteiger charge is 2.21. The van der Waals surface area contributed by atoms with Crippen molar-refractivity contribution in [3.05, 3.63) is 60.9 Å². The van der Waals surface area contributed by atoms with E-state index in [-0.39, 0.29) is 0 Å². The molecule has 0 spiro atoms. The van der Waals surface area contributed by atoms with Gasteiger partial charge in [-0.1, -0.05) is 54.6 Å². The van der Waals surface area contributed by atoms with E-state index in [4.69, 9.17) is 13.9 Å². The van der Waals surface area contributed by atoms with Crippen LogP contribution in [0.1, 0.15) is 0 Å². The molecule has 0 aliphatic rings. The van der Waals surface area contributed by atoms with Gasteiger partial charge in [0.1, 0.15) is 5.75 Å². The fourth-order valence-corrected chi connectivity index (χ4v) is 3.13. The van der Waals surface area contributed by atoms with Crippen LogP contribution in [0.2, 0.25) is 0 Å². The van der Waals surface area contributed by atoms with Gasteiger partial charge < -0.3 is 13.9 Å². The molecule has 3 nitrogen and oxygen atoms in total. The monoisotopic (exact) mass is 304 g/mol. The molecule has 0 fully saturated rings. The molecule has 0 N–H and O–H groups in total. The zero-order valence-electron chi connectivity index (χ0n) is 13.0. The van der Waals surface area contributed by atoms with Gasteiger partial charge in [0.25, 0.3) is 0 Å². The van der Waals surface area contributed by atoms with E-state index >= 15 is 0 Å². The molecular formula is C20H16O3. The van der Waals surface area contributed by atoms with Crippen LogP contribution in [0.3, 0.4) is 0 Å². The van der Waals surface area contributed by atoms with Gasteiger partial charge in [0.05, 0.1) is 25.9 Å². The number of furan rings is 1. The summed E-state index contributed by atoms with van der Waals surface area (Å²) < 4.78 is 17.3. The number of fused-ring (bicyclic) bond motifs is 2. The van der Waals surface area contributed by atoms with Crippen LogP contribution in [-0.4, -0.2) is 14.2 Å². The maximum Gasteiger partial charge on any atom is 0.180 e. The smallest absolute Gasteiger partial charge is 0.180 e. The van der Waals surface area contributed by atoms with E-state index in [1.807, 2.05) is 42.5 Å². The van der Waals surface area contributed by atoms with Crippen molar-refractivity contribution in [2.45, 2.75) is 0 Å². The van der Waals surface area contributed by atoms with Gasteiger partial charge in [-0.15, -0.1) is 0 Å². The summed E-state index contributed by atoms with van der Waals surface area (Å²) in [5.74, 6) is 1.54. The predicted molar refractivity (Wildman–Crippen MR) is 92.3 cm³/mol. The van der Waals surface area contributed by atoms with E-state index in [1.54, 1.807) is 20.5 Å². The zero-order valence-corrected chi connectivity index (χ0v) is 13.0. The third kappa shape index (κ3) is 1.97. The first-order valence-electron chi connectivity index (χ1n) is 7.44. The molecular weight excluding hydrogens is 288 g/mol. The summed E-state index contributed by atoms with van der Waals surface area (Å²) in [6.45, 7) is 0. The predicted octanol–water partition coefficient (Wildman–Crippen LogP) is 5.27. The standard InChI is InChI=1S/C20H16O3/c1-21-18-14-10-6-7-11-15(14)19(22-2)20-17(18)16(12-23-20)13-8-4-3-5-9-13/h3-12H,1-2H3. The number of hydrogen-bond donors (Lipinski definition) is 0. The second-order valence-corrected chi connectivity index (χ2v) is 5.33. The minimum atomic E-state index is 0.710. The molecule has 1 aromatic heterocycles. The Hall–Kier alpha value is -2.94. The van der Waals surface area contributed by atoms with Crippen LogP contribution in [0.15, 0.2) is 65.3 Å². The summed E-state index contributed by atoms with van der Waals surface area (Å²) in [5, 5.41) is 2.93. The topological polar surface area (TPSA) is 31.6 Å². The van der Waals surface area contributed by atoms with Crippen molar-refractivity contribution in [1.29, 1.82) is 0 Å². The van der Waals surface area contributed by atoms with Crippen LogP contribution >= 0.6 is 0 Å². The highest BCUT2D eigenvalue weighted by atomic mass is 16.5. The van der Waals surface area contributed by atoms with Gasteiger partial charge in [-0.3, -0.25) is 0 Å². The van der Waals surface area contributed by atoms with Crippen molar-refractivity contribution in [2.75, 3.05) is 14.2 Å². The minimum absolute atomic E-state index is 0.710. The number of methoxy groups -OCH3 is 2. The van der Waals surface area contributed by atoms with Gasteiger partial charge in [-0.2, -0.15) is 0 Å². The van der Waals surface area contributed by atoms with E-state index in [2.05, 4.69) is 12.1 Å². The Morgan fingerprint density at radius 1 is 0.739 bits per heavy atom. The summed E-state index contributed by atoms with van der Waals surface area (Å²) >= 11 is 0. The fraction of sp³-hybridized carbons (Fsp3) is 0.100. The molecule has 4 rings (SSSR count). The Kier molecular flexibility index (Phi) is 3.19. The number of ether oxygens (including phenoxy) is 2. The van der Waals surface area contributed by atoms with Gasteiger partial charge in [0, 0.05) is 16.3 Å². The largest absolute Gasteiger partial charge is 0.495 e. The van der Waals surface area contributed by atoms with E-state index in [0.29, 0.717) is 5.58 Å². The van der Waals surface area contributed by atoms with Crippen LogP contribution in [0, 0.1) is 0 Å². The summed E-state index contributed by atoms with van der Waals surface area (Å²) in [5.41, 5.74) is 2.80. The van der Waals surface area contributed by atoms with Gasteiger partial charge >= 0.3 is 0 Å². The van der Waals surface area contributed by atoms with Crippen molar-refractivity contribution < 1.29 is 13.9 Å². The third-order valence-electron chi connectivity index (χ3n) is 4.13. The lowest BCUT2D eigenvalue weighted by atomic mass is 9.99. The van der Waals surface area contributed by atoms with Crippen LogP contribution in [0.25, 0.3) is 32.9 Å². The van der Waals surface area contributed by atoms with Gasteiger partial charge in [-0.25, -0.2) is 0 Å². The van der Waals surface area contributed by atoms with Crippen LogP contribution < -0.4 is 9.47 Å². The molecule has 0 saturated carbocycles. The maximum atomic E-state index is 5.87. The highest BCUT2D eigenvalue weighted by molar-refractivity contribution is 6.13. The summed E-state index contributed by atoms with van der Waals surface area (Å²) in [4.78, 5) is 0. The molecule has 0 aliphatic heterocycles. The van der Waals surface area contributed by atoms with E-state index < -0.39 is 0 Å². The van der Waals surface area contributed by atoms with Crippen molar-refractivity contribution in [3.63, 3.8) is 0 Å². The van der Waals surface area contributed by atoms with Crippen molar-refractivity contribution in [1.82, 2.24) is 0 Å². The Labute approximate surface area is 134 Å². The average molecular weight is 304 g/mol. The first-order chi connectivity index (χ1) is 11.3. The molecule has 0 atom stereocenters. The number of benzene rings is 3. The minimum Gasteiger partial charge on any atom is -0.495 e. The van der Waals surface area contributed by atoms with Crippen LogP contribution in [0.5, 0.6) is 11.5 Å². The normalized spacial score (nSPS) is 11.0. The second-order valence-electron chi connectivity index (χ2n) is 5.33. The molecule has 0 radical (unpaired) electrons. The molecule has 1 heterocycles. The summed E-state index contributed by atoms with van der Waals surface area (Å²) in [7, 11) is 3.36. The first-order valence-corrected chi connectivity index (χ1v) is 7.44. The van der Waals surface area contributed by atoms with Gasteiger partial charge in [0.15, 0.2) is 11.3 Å². The Morgan fingerprint density at radius 2 is 1.35 bits per heavy atom. The molecule has 3 aromatic carbocycles. The van der Waals surface area contributed by atoms with Gasteiger partial charge in [-0.05, 0) is 5.56 Å². The average Bonchev–Trinajstić information content (AvgIpc) is 3.05. The Balaban J connectivity index is 2.19. The second kappa shape index (κ2) is 5.36. The molecule has 23 heavy (non-hydrogen) atoms. The lowest BCUT2D eigenvalue weighted by molar-refractivity contribution is 0.410. The lowest BCUT2D eigenvalue weighted by Crippen LogP contribution is -1.92. The summed E-state index contributed by atoms with van der Waals surface area (Å²) in [6, 6.07) is 18.2. The Bertz CT molecular complexity index is 984. The molecule has 0 unspecified atom stereocenters. The lowest BCUT2D eigenvalue weighted by Gasteiger charge is -2.12. The SMILES string of the molecule is COc1c2ccccc2c(OC)c2c(-c3ccccc3)coc12. The summed E-state index contributed by atoms with van der Waals surface area (Å²) in [6.07, 6.45) is 1.77. The highest BCUT2D eigenvalue weighted by Crippen LogP contribution is 2.47. The van der Waals surface area contributed by atoms with E-state index in [1.165, 1.54) is 0 Å². The van der Waals surface area contributed by atoms with Crippen molar-refractivity contribution in [2.24, 2.45) is 0 Å². The maximum absolute atomic E-state index is 5.87. The number of rotatable bonds is 3. The zero-order chi connectivity index (χ0) is 15.8. The van der Waals surface area contributed by atoms with Crippen molar-refractivity contribution in [3.8, 4) is 22.6 Å². The molecule has 3 heteroatoms. The quantitative estimate of drug-likeness (QED) is 0.516. The van der Waals surface area contributed by atoms with Crippen LogP contribution in [-0.2, 0) is 0 Å². The van der Waals surface area contributed by atoms with E-state index in [0.717, 1.165) is 38.8 Å². The van der Waals surface area contributed by atoms with Crippen LogP contribution in [0.4, 0.5) is 0 Å². The molecule has 0 bridgehead atoms. The van der Waals surface area contributed by atoms with E-state index in [9.17, 15) is 0 Å². The molecule has 0 amide bonds. The third-order valence-corrected chi connectivity index (χ3v) is 4.13. The Morgan fingerprint density at radius 3 is 2.00 bits per heavy atom. The molecule has 4 aromatic rings. The fourth-order valence-electron chi connectivity index (χ4n) is 3.13. The van der Waals surface area contributed by atoms with Crippen molar-refractivity contribution >= 4 is 21.7 Å². The van der Waals surface area contributed by atoms with Gasteiger partial charge in [0.2, 0.25) is 0 Å². The number of hydrogen-bond acceptors (Lipinski definition) is 3. The molecule has 114 valence electrons. The molecule has 0 aliphatic carbocycles. The first kappa shape index (κ1) is 13.7. The molecule has 0 saturated heterocycles.